The van der Waals surface area contributed by atoms with Crippen molar-refractivity contribution in [1.29, 1.82) is 0 Å². The van der Waals surface area contributed by atoms with E-state index >= 15 is 0 Å². The maximum atomic E-state index is 3.54. The zero-order valence-corrected chi connectivity index (χ0v) is 12.6. The number of hydrogen-bond acceptors (Lipinski definition) is 1. The van der Waals surface area contributed by atoms with E-state index in [9.17, 15) is 0 Å². The molecule has 1 N–H and O–H groups in total. The van der Waals surface area contributed by atoms with Crippen molar-refractivity contribution in [2.24, 2.45) is 5.92 Å². The molecule has 0 heterocycles. The Morgan fingerprint density at radius 3 is 2.53 bits per heavy atom. The number of hydrogen-bond donors (Lipinski definition) is 1. The zero-order valence-electron chi connectivity index (χ0n) is 10.4. The Bertz CT molecular complexity index is 314. The first-order valence-corrected chi connectivity index (χ1v) is 7.87. The van der Waals surface area contributed by atoms with E-state index in [1.165, 1.54) is 54.2 Å². The van der Waals surface area contributed by atoms with E-state index in [4.69, 9.17) is 0 Å². The van der Waals surface area contributed by atoms with E-state index in [1.54, 1.807) is 0 Å². The molecule has 2 rings (SSSR count). The quantitative estimate of drug-likeness (QED) is 0.598. The molecular weight excluding hydrogens is 321 g/mol. The molecule has 17 heavy (non-hydrogen) atoms. The third-order valence-corrected chi connectivity index (χ3v) is 4.40. The van der Waals surface area contributed by atoms with Crippen molar-refractivity contribution in [3.05, 3.63) is 33.4 Å². The van der Waals surface area contributed by atoms with Gasteiger partial charge >= 0.3 is 0 Å². The molecule has 0 unspecified atom stereocenters. The van der Waals surface area contributed by atoms with Crippen molar-refractivity contribution in [3.8, 4) is 0 Å². The van der Waals surface area contributed by atoms with Gasteiger partial charge in [-0.2, -0.15) is 0 Å². The summed E-state index contributed by atoms with van der Waals surface area (Å²) in [6, 6.07) is 8.78. The molecule has 94 valence electrons. The number of rotatable bonds is 6. The predicted octanol–water partition coefficient (Wildman–Crippen LogP) is 4.35. The normalized spacial score (nSPS) is 16.5. The van der Waals surface area contributed by atoms with Gasteiger partial charge in [0.2, 0.25) is 0 Å². The summed E-state index contributed by atoms with van der Waals surface area (Å²) >= 11 is 2.35. The van der Waals surface area contributed by atoms with Gasteiger partial charge in [-0.1, -0.05) is 37.8 Å². The van der Waals surface area contributed by atoms with E-state index in [0.717, 1.165) is 12.5 Å². The fourth-order valence-corrected chi connectivity index (χ4v) is 3.01. The highest BCUT2D eigenvalue weighted by Gasteiger charge is 2.13. The van der Waals surface area contributed by atoms with E-state index in [1.807, 2.05) is 0 Å². The predicted molar refractivity (Wildman–Crippen MR) is 82.1 cm³/mol. The van der Waals surface area contributed by atoms with Gasteiger partial charge in [0.1, 0.15) is 0 Å². The third-order valence-electron chi connectivity index (χ3n) is 3.68. The van der Waals surface area contributed by atoms with Gasteiger partial charge in [-0.3, -0.25) is 0 Å². The lowest BCUT2D eigenvalue weighted by atomic mass is 10.0. The number of nitrogens with one attached hydrogen (secondary N) is 1. The Morgan fingerprint density at radius 1 is 1.12 bits per heavy atom. The molecule has 0 aliphatic heterocycles. The van der Waals surface area contributed by atoms with Crippen LogP contribution in [-0.4, -0.2) is 6.54 Å². The van der Waals surface area contributed by atoms with Crippen LogP contribution in [-0.2, 0) is 6.54 Å². The van der Waals surface area contributed by atoms with Crippen LogP contribution in [0, 0.1) is 9.49 Å². The molecular formula is C15H22IN. The van der Waals surface area contributed by atoms with Crippen LogP contribution in [0.3, 0.4) is 0 Å². The summed E-state index contributed by atoms with van der Waals surface area (Å²) in [5.41, 5.74) is 1.39. The van der Waals surface area contributed by atoms with Crippen molar-refractivity contribution in [2.75, 3.05) is 6.54 Å². The SMILES string of the molecule is Ic1ccc(CNCCCC2CCCC2)cc1. The summed E-state index contributed by atoms with van der Waals surface area (Å²) < 4.78 is 1.31. The molecule has 1 aromatic rings. The molecule has 1 aliphatic carbocycles. The van der Waals surface area contributed by atoms with Gasteiger partial charge < -0.3 is 5.32 Å². The first-order valence-electron chi connectivity index (χ1n) is 6.80. The molecule has 0 radical (unpaired) electrons. The second-order valence-electron chi connectivity index (χ2n) is 5.10. The fraction of sp³-hybridized carbons (Fsp3) is 0.600. The average molecular weight is 343 g/mol. The van der Waals surface area contributed by atoms with Crippen LogP contribution in [0.4, 0.5) is 0 Å². The van der Waals surface area contributed by atoms with Crippen LogP contribution in [0.25, 0.3) is 0 Å². The molecule has 1 fully saturated rings. The highest BCUT2D eigenvalue weighted by atomic mass is 127. The van der Waals surface area contributed by atoms with Gasteiger partial charge in [0.15, 0.2) is 0 Å². The Hall–Kier alpha value is -0.0900. The standard InChI is InChI=1S/C15H22IN/c16-15-9-7-14(8-10-15)12-17-11-3-6-13-4-1-2-5-13/h7-10,13,17H,1-6,11-12H2. The van der Waals surface area contributed by atoms with E-state index in [2.05, 4.69) is 52.2 Å². The highest BCUT2D eigenvalue weighted by molar-refractivity contribution is 14.1. The maximum absolute atomic E-state index is 3.54. The summed E-state index contributed by atoms with van der Waals surface area (Å²) in [4.78, 5) is 0. The van der Waals surface area contributed by atoms with Crippen LogP contribution < -0.4 is 5.32 Å². The van der Waals surface area contributed by atoms with Crippen LogP contribution in [0.2, 0.25) is 0 Å². The third kappa shape index (κ3) is 4.96. The van der Waals surface area contributed by atoms with Crippen LogP contribution in [0.1, 0.15) is 44.1 Å². The van der Waals surface area contributed by atoms with Crippen molar-refractivity contribution in [2.45, 2.75) is 45.1 Å². The smallest absolute Gasteiger partial charge is 0.0205 e. The van der Waals surface area contributed by atoms with Crippen LogP contribution in [0.15, 0.2) is 24.3 Å². The Morgan fingerprint density at radius 2 is 1.82 bits per heavy atom. The second-order valence-corrected chi connectivity index (χ2v) is 6.34. The van der Waals surface area contributed by atoms with Gasteiger partial charge in [-0.15, -0.1) is 0 Å². The first-order chi connectivity index (χ1) is 8.34. The minimum Gasteiger partial charge on any atom is -0.313 e. The molecule has 1 saturated carbocycles. The van der Waals surface area contributed by atoms with Gasteiger partial charge in [-0.25, -0.2) is 0 Å². The summed E-state index contributed by atoms with van der Waals surface area (Å²) in [6.45, 7) is 2.18. The molecule has 1 aliphatic rings. The van der Waals surface area contributed by atoms with Crippen molar-refractivity contribution in [3.63, 3.8) is 0 Å². The van der Waals surface area contributed by atoms with Gasteiger partial charge in [0.25, 0.3) is 0 Å². The van der Waals surface area contributed by atoms with Crippen molar-refractivity contribution >= 4 is 22.6 Å². The lowest BCUT2D eigenvalue weighted by Gasteiger charge is -2.09. The molecule has 0 aromatic heterocycles. The lowest BCUT2D eigenvalue weighted by molar-refractivity contribution is 0.470. The van der Waals surface area contributed by atoms with Crippen molar-refractivity contribution in [1.82, 2.24) is 5.32 Å². The minimum atomic E-state index is 1.02. The van der Waals surface area contributed by atoms with Crippen LogP contribution >= 0.6 is 22.6 Å². The lowest BCUT2D eigenvalue weighted by Crippen LogP contribution is -2.15. The number of halogens is 1. The van der Waals surface area contributed by atoms with Gasteiger partial charge in [-0.05, 0) is 65.6 Å². The van der Waals surface area contributed by atoms with Gasteiger partial charge in [0.05, 0.1) is 0 Å². The van der Waals surface area contributed by atoms with E-state index in [0.29, 0.717) is 0 Å². The molecule has 0 bridgehead atoms. The number of benzene rings is 1. The summed E-state index contributed by atoms with van der Waals surface area (Å²) in [6.07, 6.45) is 8.68. The topological polar surface area (TPSA) is 12.0 Å². The highest BCUT2D eigenvalue weighted by Crippen LogP contribution is 2.28. The Balaban J connectivity index is 1.55. The summed E-state index contributed by atoms with van der Waals surface area (Å²) in [7, 11) is 0. The maximum Gasteiger partial charge on any atom is 0.0205 e. The summed E-state index contributed by atoms with van der Waals surface area (Å²) in [5, 5.41) is 3.54. The Labute approximate surface area is 119 Å². The molecule has 0 amide bonds. The molecule has 0 atom stereocenters. The molecule has 2 heteroatoms. The molecule has 0 spiro atoms. The largest absolute Gasteiger partial charge is 0.313 e. The second kappa shape index (κ2) is 7.37. The fourth-order valence-electron chi connectivity index (χ4n) is 2.65. The Kier molecular flexibility index (Phi) is 5.78. The van der Waals surface area contributed by atoms with Gasteiger partial charge in [0, 0.05) is 10.1 Å². The van der Waals surface area contributed by atoms with Crippen molar-refractivity contribution < 1.29 is 0 Å². The van der Waals surface area contributed by atoms with Crippen LogP contribution in [0.5, 0.6) is 0 Å². The van der Waals surface area contributed by atoms with E-state index < -0.39 is 0 Å². The average Bonchev–Trinajstić information content (AvgIpc) is 2.84. The summed E-state index contributed by atoms with van der Waals surface area (Å²) in [5.74, 6) is 1.04. The molecule has 1 nitrogen and oxygen atoms in total. The minimum absolute atomic E-state index is 1.02. The molecule has 0 saturated heterocycles. The monoisotopic (exact) mass is 343 g/mol. The zero-order chi connectivity index (χ0) is 11.9. The molecule has 1 aromatic carbocycles. The van der Waals surface area contributed by atoms with E-state index in [-0.39, 0.29) is 0 Å². The first kappa shape index (κ1) is 13.3.